The van der Waals surface area contributed by atoms with Gasteiger partial charge in [0.2, 0.25) is 5.13 Å². The summed E-state index contributed by atoms with van der Waals surface area (Å²) in [5.41, 5.74) is 3.70. The van der Waals surface area contributed by atoms with Crippen LogP contribution in [0.5, 0.6) is 0 Å². The number of hydrogen-bond donors (Lipinski definition) is 2. The van der Waals surface area contributed by atoms with Crippen molar-refractivity contribution in [2.75, 3.05) is 10.6 Å². The van der Waals surface area contributed by atoms with E-state index < -0.39 is 0 Å². The molecule has 0 atom stereocenters. The van der Waals surface area contributed by atoms with Gasteiger partial charge in [0.15, 0.2) is 0 Å². The Kier molecular flexibility index (Phi) is 7.49. The minimum atomic E-state index is -0.301. The number of rotatable bonds is 8. The van der Waals surface area contributed by atoms with Gasteiger partial charge < -0.3 is 5.32 Å². The van der Waals surface area contributed by atoms with Gasteiger partial charge in [0, 0.05) is 28.3 Å². The van der Waals surface area contributed by atoms with Gasteiger partial charge >= 0.3 is 0 Å². The van der Waals surface area contributed by atoms with E-state index in [9.17, 15) is 9.59 Å². The summed E-state index contributed by atoms with van der Waals surface area (Å²) < 4.78 is 0. The summed E-state index contributed by atoms with van der Waals surface area (Å²) in [6.07, 6.45) is 0. The number of amides is 2. The lowest BCUT2D eigenvalue weighted by Gasteiger charge is -2.10. The molecule has 2 N–H and O–H groups in total. The van der Waals surface area contributed by atoms with Gasteiger partial charge in [0.25, 0.3) is 11.8 Å². The molecular formula is C25H22N4O2S2. The number of thioether (sulfide) groups is 1. The van der Waals surface area contributed by atoms with Crippen molar-refractivity contribution in [3.05, 3.63) is 106 Å². The highest BCUT2D eigenvalue weighted by molar-refractivity contribution is 7.97. The highest BCUT2D eigenvalue weighted by Crippen LogP contribution is 2.24. The summed E-state index contributed by atoms with van der Waals surface area (Å²) in [5, 5.41) is 15.2. The molecule has 0 radical (unpaired) electrons. The SMILES string of the molecule is Cc1ccc(C(=O)Nc2nnc(CSCc3ccccc3)s2)cc1NC(=O)c1ccccc1. The molecule has 0 saturated carbocycles. The van der Waals surface area contributed by atoms with E-state index in [0.29, 0.717) is 21.9 Å². The first-order valence-corrected chi connectivity index (χ1v) is 12.3. The van der Waals surface area contributed by atoms with Crippen LogP contribution in [0.3, 0.4) is 0 Å². The molecule has 0 fully saturated rings. The van der Waals surface area contributed by atoms with Crippen molar-refractivity contribution in [2.24, 2.45) is 0 Å². The standard InChI is InChI=1S/C25H22N4O2S2/c1-17-12-13-20(14-21(17)26-23(30)19-10-6-3-7-11-19)24(31)27-25-29-28-22(33-25)16-32-15-18-8-4-2-5-9-18/h2-14H,15-16H2,1H3,(H,26,30)(H,27,29,31). The van der Waals surface area contributed by atoms with Crippen LogP contribution in [0.2, 0.25) is 0 Å². The molecule has 6 nitrogen and oxygen atoms in total. The molecule has 4 aromatic rings. The molecule has 166 valence electrons. The fourth-order valence-electron chi connectivity index (χ4n) is 3.04. The Morgan fingerprint density at radius 1 is 0.818 bits per heavy atom. The minimum absolute atomic E-state index is 0.224. The van der Waals surface area contributed by atoms with E-state index >= 15 is 0 Å². The van der Waals surface area contributed by atoms with Crippen molar-refractivity contribution in [2.45, 2.75) is 18.4 Å². The Hall–Kier alpha value is -3.49. The van der Waals surface area contributed by atoms with Crippen molar-refractivity contribution >= 4 is 45.7 Å². The lowest BCUT2D eigenvalue weighted by atomic mass is 10.1. The van der Waals surface area contributed by atoms with E-state index in [1.807, 2.05) is 43.3 Å². The molecule has 0 bridgehead atoms. The van der Waals surface area contributed by atoms with Gasteiger partial charge in [-0.05, 0) is 42.3 Å². The second-order valence-electron chi connectivity index (χ2n) is 7.28. The fraction of sp³-hybridized carbons (Fsp3) is 0.120. The maximum Gasteiger partial charge on any atom is 0.257 e. The van der Waals surface area contributed by atoms with Crippen molar-refractivity contribution in [3.8, 4) is 0 Å². The summed E-state index contributed by atoms with van der Waals surface area (Å²) >= 11 is 3.11. The zero-order valence-electron chi connectivity index (χ0n) is 17.9. The molecule has 1 aromatic heterocycles. The number of nitrogens with one attached hydrogen (secondary N) is 2. The molecule has 8 heteroatoms. The number of carbonyl (C=O) groups is 2. The monoisotopic (exact) mass is 474 g/mol. The number of carbonyl (C=O) groups excluding carboxylic acids is 2. The van der Waals surface area contributed by atoms with E-state index in [4.69, 9.17) is 0 Å². The molecule has 4 rings (SSSR count). The molecule has 0 aliphatic heterocycles. The zero-order valence-corrected chi connectivity index (χ0v) is 19.6. The highest BCUT2D eigenvalue weighted by atomic mass is 32.2. The Bertz CT molecular complexity index is 1240. The number of aryl methyl sites for hydroxylation is 1. The van der Waals surface area contributed by atoms with Crippen LogP contribution in [0.25, 0.3) is 0 Å². The quantitative estimate of drug-likeness (QED) is 0.338. The van der Waals surface area contributed by atoms with Gasteiger partial charge in [0.05, 0.1) is 0 Å². The van der Waals surface area contributed by atoms with Crippen molar-refractivity contribution in [1.82, 2.24) is 10.2 Å². The molecule has 1 heterocycles. The van der Waals surface area contributed by atoms with Gasteiger partial charge in [0.1, 0.15) is 5.01 Å². The maximum atomic E-state index is 12.8. The molecular weight excluding hydrogens is 452 g/mol. The predicted molar refractivity (Wildman–Crippen MR) is 135 cm³/mol. The van der Waals surface area contributed by atoms with Crippen LogP contribution in [0, 0.1) is 6.92 Å². The molecule has 33 heavy (non-hydrogen) atoms. The zero-order chi connectivity index (χ0) is 23.0. The molecule has 0 spiro atoms. The van der Waals surface area contributed by atoms with E-state index in [-0.39, 0.29) is 11.8 Å². The highest BCUT2D eigenvalue weighted by Gasteiger charge is 2.14. The topological polar surface area (TPSA) is 84.0 Å². The molecule has 2 amide bonds. The van der Waals surface area contributed by atoms with Crippen LogP contribution in [0.4, 0.5) is 10.8 Å². The molecule has 3 aromatic carbocycles. The van der Waals surface area contributed by atoms with Gasteiger partial charge in [-0.2, -0.15) is 0 Å². The lowest BCUT2D eigenvalue weighted by molar-refractivity contribution is 0.101. The number of benzene rings is 3. The number of hydrogen-bond acceptors (Lipinski definition) is 6. The summed E-state index contributed by atoms with van der Waals surface area (Å²) in [6, 6.07) is 24.4. The van der Waals surface area contributed by atoms with Crippen LogP contribution >= 0.6 is 23.1 Å². The molecule has 0 unspecified atom stereocenters. The van der Waals surface area contributed by atoms with Crippen LogP contribution in [-0.2, 0) is 11.5 Å². The van der Waals surface area contributed by atoms with Crippen molar-refractivity contribution < 1.29 is 9.59 Å². The Morgan fingerprint density at radius 3 is 2.27 bits per heavy atom. The normalized spacial score (nSPS) is 10.6. The van der Waals surface area contributed by atoms with Gasteiger partial charge in [-0.15, -0.1) is 22.0 Å². The Morgan fingerprint density at radius 2 is 1.52 bits per heavy atom. The first-order chi connectivity index (χ1) is 16.1. The fourth-order valence-corrected chi connectivity index (χ4v) is 4.82. The number of anilines is 2. The third kappa shape index (κ3) is 6.27. The summed E-state index contributed by atoms with van der Waals surface area (Å²) in [5.74, 6) is 1.09. The Labute approximate surface area is 200 Å². The van der Waals surface area contributed by atoms with Gasteiger partial charge in [-0.25, -0.2) is 0 Å². The predicted octanol–water partition coefficient (Wildman–Crippen LogP) is 5.78. The largest absolute Gasteiger partial charge is 0.322 e. The third-order valence-electron chi connectivity index (χ3n) is 4.81. The number of nitrogens with zero attached hydrogens (tertiary/aromatic N) is 2. The lowest BCUT2D eigenvalue weighted by Crippen LogP contribution is -2.15. The summed E-state index contributed by atoms with van der Waals surface area (Å²) in [4.78, 5) is 25.2. The van der Waals surface area contributed by atoms with E-state index in [1.54, 1.807) is 42.1 Å². The van der Waals surface area contributed by atoms with Crippen LogP contribution in [0.1, 0.15) is 36.9 Å². The Balaban J connectivity index is 1.35. The summed E-state index contributed by atoms with van der Waals surface area (Å²) in [6.45, 7) is 1.88. The van der Waals surface area contributed by atoms with Crippen molar-refractivity contribution in [1.29, 1.82) is 0 Å². The van der Waals surface area contributed by atoms with Gasteiger partial charge in [-0.1, -0.05) is 65.9 Å². The average molecular weight is 475 g/mol. The third-order valence-corrected chi connectivity index (χ3v) is 6.84. The molecule has 0 aliphatic rings. The average Bonchev–Trinajstić information content (AvgIpc) is 3.28. The van der Waals surface area contributed by atoms with E-state index in [0.717, 1.165) is 22.1 Å². The summed E-state index contributed by atoms with van der Waals surface area (Å²) in [7, 11) is 0. The second kappa shape index (κ2) is 10.9. The van der Waals surface area contributed by atoms with Crippen LogP contribution in [0.15, 0.2) is 78.9 Å². The first-order valence-electron chi connectivity index (χ1n) is 10.3. The van der Waals surface area contributed by atoms with Crippen LogP contribution < -0.4 is 10.6 Å². The van der Waals surface area contributed by atoms with Crippen LogP contribution in [-0.4, -0.2) is 22.0 Å². The smallest absolute Gasteiger partial charge is 0.257 e. The van der Waals surface area contributed by atoms with Gasteiger partial charge in [-0.3, -0.25) is 14.9 Å². The molecule has 0 aliphatic carbocycles. The van der Waals surface area contributed by atoms with Crippen molar-refractivity contribution in [3.63, 3.8) is 0 Å². The minimum Gasteiger partial charge on any atom is -0.322 e. The molecule has 0 saturated heterocycles. The maximum absolute atomic E-state index is 12.8. The first kappa shape index (κ1) is 22.7. The van der Waals surface area contributed by atoms with E-state index in [1.165, 1.54) is 16.9 Å². The second-order valence-corrected chi connectivity index (χ2v) is 9.33. The van der Waals surface area contributed by atoms with E-state index in [2.05, 4.69) is 33.0 Å². The number of aromatic nitrogens is 2.